The molecule has 3 rings (SSSR count). The summed E-state index contributed by atoms with van der Waals surface area (Å²) >= 11 is 0. The van der Waals surface area contributed by atoms with Gasteiger partial charge in [0.2, 0.25) is 0 Å². The van der Waals surface area contributed by atoms with Gasteiger partial charge >= 0.3 is 0 Å². The van der Waals surface area contributed by atoms with Gasteiger partial charge in [0.25, 0.3) is 0 Å². The zero-order valence-corrected chi connectivity index (χ0v) is 12.3. The molecule has 1 heterocycles. The Kier molecular flexibility index (Phi) is 3.75. The van der Waals surface area contributed by atoms with Gasteiger partial charge in [-0.15, -0.1) is 0 Å². The third-order valence-electron chi connectivity index (χ3n) is 5.05. The van der Waals surface area contributed by atoms with Crippen LogP contribution in [0, 0.1) is 17.8 Å². The van der Waals surface area contributed by atoms with Crippen molar-refractivity contribution in [2.75, 3.05) is 0 Å². The molecule has 2 heteroatoms. The van der Waals surface area contributed by atoms with Gasteiger partial charge in [0.15, 0.2) is 0 Å². The molecule has 1 aromatic heterocycles. The summed E-state index contributed by atoms with van der Waals surface area (Å²) in [5.41, 5.74) is 2.03. The molecule has 4 atom stereocenters. The van der Waals surface area contributed by atoms with Crippen LogP contribution in [0.25, 0.3) is 10.9 Å². The molecular formula is C18H23NO. The van der Waals surface area contributed by atoms with Gasteiger partial charge in [-0.3, -0.25) is 4.98 Å². The fourth-order valence-electron chi connectivity index (χ4n) is 3.43. The van der Waals surface area contributed by atoms with Crippen molar-refractivity contribution in [3.63, 3.8) is 0 Å². The number of rotatable bonds is 2. The zero-order valence-electron chi connectivity index (χ0n) is 12.3. The SMILES string of the molecule is CC1CCC(C(O)c2ccc3ncccc3c2)CC1C. The highest BCUT2D eigenvalue weighted by Gasteiger charge is 2.29. The summed E-state index contributed by atoms with van der Waals surface area (Å²) in [6, 6.07) is 10.1. The molecule has 1 saturated carbocycles. The third kappa shape index (κ3) is 2.57. The van der Waals surface area contributed by atoms with E-state index in [1.807, 2.05) is 24.4 Å². The van der Waals surface area contributed by atoms with E-state index in [1.54, 1.807) is 0 Å². The van der Waals surface area contributed by atoms with Gasteiger partial charge in [0, 0.05) is 11.6 Å². The van der Waals surface area contributed by atoms with Crippen LogP contribution < -0.4 is 0 Å². The lowest BCUT2D eigenvalue weighted by Crippen LogP contribution is -2.25. The first kappa shape index (κ1) is 13.6. The predicted octanol–water partition coefficient (Wildman–Crippen LogP) is 4.34. The van der Waals surface area contributed by atoms with E-state index in [0.717, 1.165) is 35.2 Å². The van der Waals surface area contributed by atoms with Gasteiger partial charge in [-0.2, -0.15) is 0 Å². The molecule has 0 radical (unpaired) electrons. The van der Waals surface area contributed by atoms with Crippen molar-refractivity contribution in [3.8, 4) is 0 Å². The molecule has 1 fully saturated rings. The highest BCUT2D eigenvalue weighted by Crippen LogP contribution is 2.40. The summed E-state index contributed by atoms with van der Waals surface area (Å²) in [7, 11) is 0. The van der Waals surface area contributed by atoms with E-state index < -0.39 is 0 Å². The normalized spacial score (nSPS) is 28.4. The molecule has 106 valence electrons. The Morgan fingerprint density at radius 1 is 1.15 bits per heavy atom. The van der Waals surface area contributed by atoms with Crippen molar-refractivity contribution < 1.29 is 5.11 Å². The van der Waals surface area contributed by atoms with E-state index in [-0.39, 0.29) is 6.10 Å². The Bertz CT molecular complexity index is 595. The van der Waals surface area contributed by atoms with Gasteiger partial charge in [-0.05, 0) is 54.4 Å². The number of pyridine rings is 1. The molecule has 20 heavy (non-hydrogen) atoms. The van der Waals surface area contributed by atoms with Crippen molar-refractivity contribution >= 4 is 10.9 Å². The fraction of sp³-hybridized carbons (Fsp3) is 0.500. The molecule has 1 aromatic carbocycles. The lowest BCUT2D eigenvalue weighted by Gasteiger charge is -2.34. The number of benzene rings is 1. The number of aliphatic hydroxyl groups excluding tert-OH is 1. The summed E-state index contributed by atoms with van der Waals surface area (Å²) < 4.78 is 0. The minimum absolute atomic E-state index is 0.338. The fourth-order valence-corrected chi connectivity index (χ4v) is 3.43. The van der Waals surface area contributed by atoms with E-state index in [2.05, 4.69) is 31.0 Å². The van der Waals surface area contributed by atoms with Crippen molar-refractivity contribution in [3.05, 3.63) is 42.1 Å². The van der Waals surface area contributed by atoms with Crippen LogP contribution in [0.1, 0.15) is 44.8 Å². The smallest absolute Gasteiger partial charge is 0.0818 e. The molecule has 0 aliphatic heterocycles. The zero-order chi connectivity index (χ0) is 14.1. The first-order valence-corrected chi connectivity index (χ1v) is 7.68. The van der Waals surface area contributed by atoms with Crippen LogP contribution in [-0.4, -0.2) is 10.1 Å². The number of fused-ring (bicyclic) bond motifs is 1. The molecule has 4 unspecified atom stereocenters. The highest BCUT2D eigenvalue weighted by molar-refractivity contribution is 5.79. The number of hydrogen-bond donors (Lipinski definition) is 1. The maximum absolute atomic E-state index is 10.7. The summed E-state index contributed by atoms with van der Waals surface area (Å²) in [5.74, 6) is 1.90. The third-order valence-corrected chi connectivity index (χ3v) is 5.05. The van der Waals surface area contributed by atoms with Crippen LogP contribution in [0.5, 0.6) is 0 Å². The molecule has 0 bridgehead atoms. The quantitative estimate of drug-likeness (QED) is 0.879. The molecule has 1 N–H and O–H groups in total. The first-order chi connectivity index (χ1) is 9.65. The molecule has 1 aliphatic rings. The Morgan fingerprint density at radius 3 is 2.80 bits per heavy atom. The van der Waals surface area contributed by atoms with Gasteiger partial charge < -0.3 is 5.11 Å². The van der Waals surface area contributed by atoms with Crippen LogP contribution in [0.15, 0.2) is 36.5 Å². The van der Waals surface area contributed by atoms with Crippen LogP contribution in [0.2, 0.25) is 0 Å². The minimum atomic E-state index is -0.338. The predicted molar refractivity (Wildman–Crippen MR) is 82.4 cm³/mol. The minimum Gasteiger partial charge on any atom is -0.388 e. The molecule has 1 aliphatic carbocycles. The Hall–Kier alpha value is -1.41. The van der Waals surface area contributed by atoms with E-state index in [1.165, 1.54) is 6.42 Å². The molecular weight excluding hydrogens is 246 g/mol. The maximum Gasteiger partial charge on any atom is 0.0818 e. The second-order valence-electron chi connectivity index (χ2n) is 6.43. The lowest BCUT2D eigenvalue weighted by molar-refractivity contribution is 0.0562. The summed E-state index contributed by atoms with van der Waals surface area (Å²) in [4.78, 5) is 4.33. The van der Waals surface area contributed by atoms with Crippen LogP contribution >= 0.6 is 0 Å². The molecule has 0 amide bonds. The summed E-state index contributed by atoms with van der Waals surface area (Å²) in [5, 5.41) is 11.8. The van der Waals surface area contributed by atoms with Gasteiger partial charge in [-0.1, -0.05) is 32.4 Å². The Balaban J connectivity index is 1.83. The standard InChI is InChI=1S/C18H23NO/c1-12-5-6-15(10-13(12)2)18(20)16-7-8-17-14(11-16)4-3-9-19-17/h3-4,7-9,11-13,15,18,20H,5-6,10H2,1-2H3. The molecule has 2 aromatic rings. The van der Waals surface area contributed by atoms with E-state index in [4.69, 9.17) is 0 Å². The van der Waals surface area contributed by atoms with Crippen molar-refractivity contribution in [1.29, 1.82) is 0 Å². The van der Waals surface area contributed by atoms with E-state index >= 15 is 0 Å². The second kappa shape index (κ2) is 5.53. The second-order valence-corrected chi connectivity index (χ2v) is 6.43. The average molecular weight is 269 g/mol. The molecule has 0 spiro atoms. The monoisotopic (exact) mass is 269 g/mol. The number of aliphatic hydroxyl groups is 1. The van der Waals surface area contributed by atoms with Gasteiger partial charge in [-0.25, -0.2) is 0 Å². The van der Waals surface area contributed by atoms with Crippen molar-refractivity contribution in [2.24, 2.45) is 17.8 Å². The first-order valence-electron chi connectivity index (χ1n) is 7.68. The lowest BCUT2D eigenvalue weighted by atomic mass is 9.73. The van der Waals surface area contributed by atoms with Crippen LogP contribution in [0.3, 0.4) is 0 Å². The maximum atomic E-state index is 10.7. The number of nitrogens with zero attached hydrogens (tertiary/aromatic N) is 1. The summed E-state index contributed by atoms with van der Waals surface area (Å²) in [6.07, 6.45) is 4.97. The van der Waals surface area contributed by atoms with Crippen LogP contribution in [-0.2, 0) is 0 Å². The van der Waals surface area contributed by atoms with Crippen LogP contribution in [0.4, 0.5) is 0 Å². The molecule has 0 saturated heterocycles. The van der Waals surface area contributed by atoms with E-state index in [0.29, 0.717) is 11.8 Å². The summed E-state index contributed by atoms with van der Waals surface area (Å²) in [6.45, 7) is 4.64. The number of hydrogen-bond acceptors (Lipinski definition) is 2. The number of aromatic nitrogens is 1. The van der Waals surface area contributed by atoms with Crippen molar-refractivity contribution in [2.45, 2.75) is 39.2 Å². The highest BCUT2D eigenvalue weighted by atomic mass is 16.3. The van der Waals surface area contributed by atoms with E-state index in [9.17, 15) is 5.11 Å². The largest absolute Gasteiger partial charge is 0.388 e. The van der Waals surface area contributed by atoms with Gasteiger partial charge in [0.1, 0.15) is 0 Å². The Morgan fingerprint density at radius 2 is 2.00 bits per heavy atom. The molecule has 2 nitrogen and oxygen atoms in total. The average Bonchev–Trinajstić information content (AvgIpc) is 2.49. The Labute approximate surface area is 120 Å². The van der Waals surface area contributed by atoms with Crippen molar-refractivity contribution in [1.82, 2.24) is 4.98 Å². The van der Waals surface area contributed by atoms with Gasteiger partial charge in [0.05, 0.1) is 11.6 Å². The topological polar surface area (TPSA) is 33.1 Å².